The smallest absolute Gasteiger partial charge is 0.493 e. The lowest BCUT2D eigenvalue weighted by Gasteiger charge is -2.30. The van der Waals surface area contributed by atoms with Crippen LogP contribution in [-0.2, 0) is 14.3 Å². The van der Waals surface area contributed by atoms with E-state index in [9.17, 15) is 18.8 Å². The van der Waals surface area contributed by atoms with E-state index in [1.165, 1.54) is 31.5 Å². The van der Waals surface area contributed by atoms with E-state index >= 15 is 0 Å². The first-order valence-corrected chi connectivity index (χ1v) is 12.3. The second kappa shape index (κ2) is 13.2. The highest BCUT2D eigenvalue weighted by molar-refractivity contribution is 5.99. The molecule has 0 spiro atoms. The second-order valence-corrected chi connectivity index (χ2v) is 9.65. The van der Waals surface area contributed by atoms with Crippen LogP contribution >= 0.6 is 0 Å². The Balaban J connectivity index is 2.17. The minimum atomic E-state index is -1.01. The molecule has 0 aliphatic rings. The minimum absolute atomic E-state index is 0.107. The Morgan fingerprint density at radius 3 is 2.24 bits per heavy atom. The van der Waals surface area contributed by atoms with Crippen molar-refractivity contribution < 1.29 is 37.7 Å². The molecule has 0 saturated carbocycles. The third-order valence-electron chi connectivity index (χ3n) is 5.88. The molecule has 0 aliphatic heterocycles. The van der Waals surface area contributed by atoms with Crippen LogP contribution in [0.3, 0.4) is 0 Å². The van der Waals surface area contributed by atoms with Gasteiger partial charge in [-0.1, -0.05) is 26.8 Å². The lowest BCUT2D eigenvalue weighted by atomic mass is 9.82. The Labute approximate surface area is 217 Å². The molecule has 0 bridgehead atoms. The summed E-state index contributed by atoms with van der Waals surface area (Å²) in [5, 5.41) is 0. The SMILES string of the molecule is COc1ccnc(C(=O)C[C@@H](C)C(=O)O[C@@H](C)[C@H](c2ccc(F)cc2C)C(C)C)c1OC(=O)OC(C)C. The van der Waals surface area contributed by atoms with E-state index in [1.807, 2.05) is 20.8 Å². The van der Waals surface area contributed by atoms with E-state index in [4.69, 9.17) is 18.9 Å². The van der Waals surface area contributed by atoms with Crippen LogP contribution in [-0.4, -0.2) is 42.2 Å². The fourth-order valence-corrected chi connectivity index (χ4v) is 4.19. The third kappa shape index (κ3) is 8.00. The van der Waals surface area contributed by atoms with Gasteiger partial charge in [-0.3, -0.25) is 9.59 Å². The van der Waals surface area contributed by atoms with Gasteiger partial charge in [-0.2, -0.15) is 0 Å². The maximum Gasteiger partial charge on any atom is 0.514 e. The van der Waals surface area contributed by atoms with Crippen molar-refractivity contribution in [2.45, 2.75) is 73.0 Å². The lowest BCUT2D eigenvalue weighted by Crippen LogP contribution is -2.30. The summed E-state index contributed by atoms with van der Waals surface area (Å²) in [6.07, 6.45) is -0.847. The largest absolute Gasteiger partial charge is 0.514 e. The first-order valence-electron chi connectivity index (χ1n) is 12.3. The van der Waals surface area contributed by atoms with Crippen LogP contribution in [0.4, 0.5) is 9.18 Å². The molecule has 3 atom stereocenters. The van der Waals surface area contributed by atoms with E-state index in [2.05, 4.69) is 4.98 Å². The van der Waals surface area contributed by atoms with Gasteiger partial charge in [0.15, 0.2) is 17.2 Å². The summed E-state index contributed by atoms with van der Waals surface area (Å²) < 4.78 is 34.8. The van der Waals surface area contributed by atoms with Crippen molar-refractivity contribution in [1.29, 1.82) is 0 Å². The highest BCUT2D eigenvalue weighted by Gasteiger charge is 2.31. The number of pyridine rings is 1. The molecular formula is C28H36FNO7. The summed E-state index contributed by atoms with van der Waals surface area (Å²) in [5.41, 5.74) is 1.52. The van der Waals surface area contributed by atoms with Gasteiger partial charge in [0.25, 0.3) is 0 Å². The number of ether oxygens (including phenoxy) is 4. The van der Waals surface area contributed by atoms with Gasteiger partial charge in [0, 0.05) is 24.6 Å². The Kier molecular flexibility index (Phi) is 10.6. The zero-order valence-electron chi connectivity index (χ0n) is 22.7. The Bertz CT molecular complexity index is 1120. The van der Waals surface area contributed by atoms with Crippen LogP contribution in [0.1, 0.15) is 75.5 Å². The van der Waals surface area contributed by atoms with Crippen LogP contribution in [0.25, 0.3) is 0 Å². The number of rotatable bonds is 11. The molecule has 0 saturated heterocycles. The van der Waals surface area contributed by atoms with Crippen molar-refractivity contribution in [1.82, 2.24) is 4.98 Å². The maximum absolute atomic E-state index is 13.6. The number of aryl methyl sites for hydroxylation is 1. The number of esters is 1. The monoisotopic (exact) mass is 517 g/mol. The normalized spacial score (nSPS) is 13.6. The van der Waals surface area contributed by atoms with Gasteiger partial charge in [-0.05, 0) is 56.9 Å². The van der Waals surface area contributed by atoms with Crippen LogP contribution in [0.2, 0.25) is 0 Å². The molecule has 1 aromatic carbocycles. The molecule has 1 aromatic heterocycles. The molecule has 0 radical (unpaired) electrons. The Morgan fingerprint density at radius 2 is 1.68 bits per heavy atom. The molecule has 1 heterocycles. The average molecular weight is 518 g/mol. The Hall–Kier alpha value is -3.49. The predicted molar refractivity (Wildman–Crippen MR) is 135 cm³/mol. The zero-order valence-corrected chi connectivity index (χ0v) is 22.7. The molecule has 0 unspecified atom stereocenters. The predicted octanol–water partition coefficient (Wildman–Crippen LogP) is 6.04. The molecule has 0 N–H and O–H groups in total. The summed E-state index contributed by atoms with van der Waals surface area (Å²) in [4.78, 5) is 42.1. The first-order chi connectivity index (χ1) is 17.3. The summed E-state index contributed by atoms with van der Waals surface area (Å²) in [7, 11) is 1.36. The highest BCUT2D eigenvalue weighted by Crippen LogP contribution is 2.34. The molecular weight excluding hydrogens is 481 g/mol. The number of benzene rings is 1. The van der Waals surface area contributed by atoms with Crippen molar-refractivity contribution in [3.05, 3.63) is 53.1 Å². The van der Waals surface area contributed by atoms with Gasteiger partial charge >= 0.3 is 12.1 Å². The molecule has 0 amide bonds. The van der Waals surface area contributed by atoms with Crippen molar-refractivity contribution >= 4 is 17.9 Å². The van der Waals surface area contributed by atoms with Gasteiger partial charge in [0.2, 0.25) is 5.75 Å². The second-order valence-electron chi connectivity index (χ2n) is 9.65. The fraction of sp³-hybridized carbons (Fsp3) is 0.500. The lowest BCUT2D eigenvalue weighted by molar-refractivity contribution is -0.154. The molecule has 2 aromatic rings. The van der Waals surface area contributed by atoms with Crippen LogP contribution in [0.5, 0.6) is 11.5 Å². The van der Waals surface area contributed by atoms with Gasteiger partial charge in [0.05, 0.1) is 19.1 Å². The quantitative estimate of drug-likeness (QED) is 0.263. The van der Waals surface area contributed by atoms with Crippen LogP contribution in [0, 0.1) is 24.6 Å². The molecule has 37 heavy (non-hydrogen) atoms. The summed E-state index contributed by atoms with van der Waals surface area (Å²) >= 11 is 0. The minimum Gasteiger partial charge on any atom is -0.493 e. The average Bonchev–Trinajstić information content (AvgIpc) is 2.79. The van der Waals surface area contributed by atoms with Crippen molar-refractivity contribution in [3.8, 4) is 11.5 Å². The highest BCUT2D eigenvalue weighted by atomic mass is 19.1. The Morgan fingerprint density at radius 1 is 1.00 bits per heavy atom. The number of halogens is 1. The van der Waals surface area contributed by atoms with Crippen LogP contribution in [0.15, 0.2) is 30.5 Å². The molecule has 0 aliphatic carbocycles. The zero-order chi connectivity index (χ0) is 27.9. The number of carbonyl (C=O) groups is 3. The number of ketones is 1. The molecule has 2 rings (SSSR count). The summed E-state index contributed by atoms with van der Waals surface area (Å²) in [6.45, 7) is 12.5. The fourth-order valence-electron chi connectivity index (χ4n) is 4.19. The maximum atomic E-state index is 13.6. The van der Waals surface area contributed by atoms with Gasteiger partial charge in [-0.15, -0.1) is 0 Å². The summed E-state index contributed by atoms with van der Waals surface area (Å²) in [6, 6.07) is 6.01. The van der Waals surface area contributed by atoms with Crippen molar-refractivity contribution in [2.24, 2.45) is 11.8 Å². The van der Waals surface area contributed by atoms with Crippen LogP contribution < -0.4 is 9.47 Å². The number of nitrogens with zero attached hydrogens (tertiary/aromatic N) is 1. The number of Topliss-reactive ketones (excluding diaryl/α,β-unsaturated/α-hetero) is 1. The number of methoxy groups -OCH3 is 1. The van der Waals surface area contributed by atoms with E-state index < -0.39 is 36.0 Å². The number of hydrogen-bond donors (Lipinski definition) is 0. The summed E-state index contributed by atoms with van der Waals surface area (Å²) in [5.74, 6) is -2.34. The molecule has 8 nitrogen and oxygen atoms in total. The molecule has 9 heteroatoms. The van der Waals surface area contributed by atoms with Crippen molar-refractivity contribution in [2.75, 3.05) is 7.11 Å². The van der Waals surface area contributed by atoms with Crippen molar-refractivity contribution in [3.63, 3.8) is 0 Å². The number of carbonyl (C=O) groups excluding carboxylic acids is 3. The topological polar surface area (TPSA) is 101 Å². The molecule has 0 fully saturated rings. The van der Waals surface area contributed by atoms with Gasteiger partial charge in [0.1, 0.15) is 11.9 Å². The number of hydrogen-bond acceptors (Lipinski definition) is 8. The first kappa shape index (κ1) is 29.7. The van der Waals surface area contributed by atoms with E-state index in [1.54, 1.807) is 33.8 Å². The third-order valence-corrected chi connectivity index (χ3v) is 5.88. The standard InChI is InChI=1S/C28H36FNO7/c1-15(2)24(21-10-9-20(29)13-17(21)5)19(7)36-27(32)18(6)14-22(31)25-26(23(34-8)11-12-30-25)37-28(33)35-16(3)4/h9-13,15-16,18-19,24H,14H2,1-8H3/t18-,19+,24-/m1/s1. The van der Waals surface area contributed by atoms with Gasteiger partial charge in [-0.25, -0.2) is 14.2 Å². The van der Waals surface area contributed by atoms with E-state index in [0.29, 0.717) is 0 Å². The molecule has 202 valence electrons. The van der Waals surface area contributed by atoms with E-state index in [-0.39, 0.29) is 41.3 Å². The van der Waals surface area contributed by atoms with Gasteiger partial charge < -0.3 is 18.9 Å². The number of aromatic nitrogens is 1. The van der Waals surface area contributed by atoms with E-state index in [0.717, 1.165) is 11.1 Å².